The summed E-state index contributed by atoms with van der Waals surface area (Å²) in [4.78, 5) is 27.3. The Bertz CT molecular complexity index is 988. The minimum atomic E-state index is -1.09. The molecule has 3 rings (SSSR count). The van der Waals surface area contributed by atoms with Crippen molar-refractivity contribution in [1.82, 2.24) is 9.80 Å². The van der Waals surface area contributed by atoms with Crippen LogP contribution >= 0.6 is 0 Å². The number of aliphatic hydroxyl groups is 1. The Morgan fingerprint density at radius 2 is 1.35 bits per heavy atom. The van der Waals surface area contributed by atoms with Gasteiger partial charge in [0, 0.05) is 45.2 Å². The van der Waals surface area contributed by atoms with Crippen molar-refractivity contribution >= 4 is 17.5 Å². The molecular formula is C30H46N2O8. The van der Waals surface area contributed by atoms with E-state index in [0.717, 1.165) is 68.8 Å². The zero-order valence-corrected chi connectivity index (χ0v) is 24.2. The second-order valence-corrected chi connectivity index (χ2v) is 10.9. The number of benzene rings is 1. The first kappa shape index (κ1) is 32.0. The molecule has 1 saturated carbocycles. The van der Waals surface area contributed by atoms with E-state index < -0.39 is 11.9 Å². The minimum Gasteiger partial charge on any atom is -0.511 e. The van der Waals surface area contributed by atoms with Gasteiger partial charge in [-0.2, -0.15) is 0 Å². The van der Waals surface area contributed by atoms with Gasteiger partial charge in [0.1, 0.15) is 17.9 Å². The van der Waals surface area contributed by atoms with Crippen LogP contribution in [0.1, 0.15) is 47.9 Å². The summed E-state index contributed by atoms with van der Waals surface area (Å²) >= 11 is 0. The van der Waals surface area contributed by atoms with Gasteiger partial charge in [-0.25, -0.2) is 9.59 Å². The maximum Gasteiger partial charge on any atom is 0.339 e. The van der Waals surface area contributed by atoms with Gasteiger partial charge in [0.25, 0.3) is 0 Å². The van der Waals surface area contributed by atoms with Crippen molar-refractivity contribution in [2.45, 2.75) is 52.6 Å². The second kappa shape index (κ2) is 16.1. The molecule has 1 saturated heterocycles. The quantitative estimate of drug-likeness (QED) is 0.166. The van der Waals surface area contributed by atoms with Crippen molar-refractivity contribution in [3.8, 4) is 0 Å². The van der Waals surface area contributed by atoms with Crippen LogP contribution in [0, 0.1) is 26.7 Å². The number of aliphatic hydroxyl groups excluding tert-OH is 1. The number of hydrogen-bond donors (Lipinski definition) is 3. The van der Waals surface area contributed by atoms with E-state index in [1.165, 1.54) is 0 Å². The number of ether oxygens (including phenoxy) is 3. The topological polar surface area (TPSA) is 129 Å². The maximum absolute atomic E-state index is 12.2. The van der Waals surface area contributed by atoms with Gasteiger partial charge in [0.15, 0.2) is 0 Å². The van der Waals surface area contributed by atoms with E-state index >= 15 is 0 Å². The molecule has 10 nitrogen and oxygen atoms in total. The lowest BCUT2D eigenvalue weighted by Gasteiger charge is -2.34. The molecule has 0 spiro atoms. The second-order valence-electron chi connectivity index (χ2n) is 10.9. The standard InChI is InChI=1S/C30H46N2O8/c1-21-18-22(2)27(23(3)19-21)28(30(36)37)29(35)24-4-6-25(7-5-24)40-17-16-38-14-12-31-8-10-32(11-9-31)13-15-39-20-26(33)34/h18-19,24-25,35H,4-17,20H2,1-3H3,(H,33,34)(H,36,37)/b29-28+. The summed E-state index contributed by atoms with van der Waals surface area (Å²) in [7, 11) is 0. The summed E-state index contributed by atoms with van der Waals surface area (Å²) in [5.74, 6) is -2.23. The van der Waals surface area contributed by atoms with Crippen molar-refractivity contribution in [2.24, 2.45) is 5.92 Å². The lowest BCUT2D eigenvalue weighted by atomic mass is 9.82. The number of rotatable bonds is 15. The van der Waals surface area contributed by atoms with Gasteiger partial charge >= 0.3 is 11.9 Å². The molecule has 2 fully saturated rings. The minimum absolute atomic E-state index is 0.0170. The molecule has 0 atom stereocenters. The largest absolute Gasteiger partial charge is 0.511 e. The van der Waals surface area contributed by atoms with Crippen LogP contribution in [-0.2, 0) is 23.8 Å². The highest BCUT2D eigenvalue weighted by Gasteiger charge is 2.30. The van der Waals surface area contributed by atoms with Crippen LogP contribution < -0.4 is 0 Å². The molecule has 0 unspecified atom stereocenters. The highest BCUT2D eigenvalue weighted by atomic mass is 16.5. The van der Waals surface area contributed by atoms with Crippen molar-refractivity contribution in [1.29, 1.82) is 0 Å². The van der Waals surface area contributed by atoms with Crippen LogP contribution in [0.5, 0.6) is 0 Å². The molecular weight excluding hydrogens is 516 g/mol. The van der Waals surface area contributed by atoms with E-state index in [2.05, 4.69) is 9.80 Å². The first-order valence-electron chi connectivity index (χ1n) is 14.3. The third-order valence-electron chi connectivity index (χ3n) is 7.83. The molecule has 1 aromatic rings. The zero-order valence-electron chi connectivity index (χ0n) is 24.2. The first-order valence-corrected chi connectivity index (χ1v) is 14.3. The van der Waals surface area contributed by atoms with E-state index in [1.54, 1.807) is 0 Å². The first-order chi connectivity index (χ1) is 19.2. The van der Waals surface area contributed by atoms with Crippen LogP contribution in [-0.4, -0.2) is 115 Å². The van der Waals surface area contributed by atoms with Crippen LogP contribution in [0.4, 0.5) is 0 Å². The number of carbonyl (C=O) groups is 2. The van der Waals surface area contributed by atoms with E-state index in [9.17, 15) is 19.8 Å². The molecule has 3 N–H and O–H groups in total. The van der Waals surface area contributed by atoms with Crippen LogP contribution in [0.3, 0.4) is 0 Å². The van der Waals surface area contributed by atoms with Gasteiger partial charge in [0.05, 0.1) is 32.5 Å². The Balaban J connectivity index is 1.31. The molecule has 1 aliphatic heterocycles. The number of hydrogen-bond acceptors (Lipinski definition) is 8. The normalized spacial score (nSPS) is 21.3. The smallest absolute Gasteiger partial charge is 0.339 e. The summed E-state index contributed by atoms with van der Waals surface area (Å²) in [6.45, 7) is 13.0. The highest BCUT2D eigenvalue weighted by molar-refractivity contribution is 6.17. The van der Waals surface area contributed by atoms with Gasteiger partial charge in [-0.1, -0.05) is 17.7 Å². The third-order valence-corrected chi connectivity index (χ3v) is 7.83. The van der Waals surface area contributed by atoms with E-state index in [4.69, 9.17) is 19.3 Å². The number of allylic oxidation sites excluding steroid dienone is 1. The van der Waals surface area contributed by atoms with Crippen LogP contribution in [0.2, 0.25) is 0 Å². The third kappa shape index (κ3) is 9.85. The Morgan fingerprint density at radius 3 is 1.88 bits per heavy atom. The Morgan fingerprint density at radius 1 is 0.800 bits per heavy atom. The number of carboxylic acids is 2. The van der Waals surface area contributed by atoms with Gasteiger partial charge < -0.3 is 29.5 Å². The van der Waals surface area contributed by atoms with Gasteiger partial charge in [0.2, 0.25) is 0 Å². The molecule has 1 aliphatic carbocycles. The monoisotopic (exact) mass is 562 g/mol. The summed E-state index contributed by atoms with van der Waals surface area (Å²) in [5.41, 5.74) is 3.44. The number of nitrogens with zero attached hydrogens (tertiary/aromatic N) is 2. The zero-order chi connectivity index (χ0) is 29.1. The number of carboxylic acid groups (broad SMARTS) is 2. The van der Waals surface area contributed by atoms with Gasteiger partial charge in [-0.3, -0.25) is 9.80 Å². The van der Waals surface area contributed by atoms with Crippen LogP contribution in [0.25, 0.3) is 5.57 Å². The molecule has 0 bridgehead atoms. The molecule has 40 heavy (non-hydrogen) atoms. The number of piperazine rings is 1. The predicted octanol–water partition coefficient (Wildman–Crippen LogP) is 3.28. The van der Waals surface area contributed by atoms with E-state index in [1.807, 2.05) is 32.9 Å². The Labute approximate surface area is 237 Å². The Kier molecular flexibility index (Phi) is 12.9. The molecule has 224 valence electrons. The van der Waals surface area contributed by atoms with Crippen molar-refractivity contribution in [3.05, 3.63) is 40.1 Å². The molecule has 0 amide bonds. The molecule has 0 aromatic heterocycles. The lowest BCUT2D eigenvalue weighted by molar-refractivity contribution is -0.142. The van der Waals surface area contributed by atoms with E-state index in [-0.39, 0.29) is 30.0 Å². The molecule has 10 heteroatoms. The van der Waals surface area contributed by atoms with Gasteiger partial charge in [-0.05, 0) is 63.1 Å². The number of aryl methyl sites for hydroxylation is 3. The molecule has 2 aliphatic rings. The molecule has 0 radical (unpaired) electrons. The summed E-state index contributed by atoms with van der Waals surface area (Å²) < 4.78 is 16.9. The average Bonchev–Trinajstić information content (AvgIpc) is 2.91. The van der Waals surface area contributed by atoms with Crippen molar-refractivity contribution in [3.63, 3.8) is 0 Å². The van der Waals surface area contributed by atoms with Crippen molar-refractivity contribution < 1.29 is 39.1 Å². The fraction of sp³-hybridized carbons (Fsp3) is 0.667. The van der Waals surface area contributed by atoms with E-state index in [0.29, 0.717) is 44.8 Å². The Hall–Kier alpha value is -2.50. The van der Waals surface area contributed by atoms with Gasteiger partial charge in [-0.15, -0.1) is 0 Å². The fourth-order valence-corrected chi connectivity index (χ4v) is 5.79. The summed E-state index contributed by atoms with van der Waals surface area (Å²) in [6.07, 6.45) is 3.03. The predicted molar refractivity (Wildman–Crippen MR) is 152 cm³/mol. The lowest BCUT2D eigenvalue weighted by Crippen LogP contribution is -2.48. The highest BCUT2D eigenvalue weighted by Crippen LogP contribution is 2.36. The average molecular weight is 563 g/mol. The maximum atomic E-state index is 12.2. The molecule has 1 heterocycles. The SMILES string of the molecule is Cc1cc(C)c(/C(C(=O)O)=C(\O)C2CCC(OCCOCCN3CCN(CCOCC(=O)O)CC3)CC2)c(C)c1. The molecule has 1 aromatic carbocycles. The summed E-state index contributed by atoms with van der Waals surface area (Å²) in [6, 6.07) is 3.91. The van der Waals surface area contributed by atoms with Crippen molar-refractivity contribution in [2.75, 3.05) is 72.3 Å². The number of aliphatic carboxylic acids is 2. The fourth-order valence-electron chi connectivity index (χ4n) is 5.79. The van der Waals surface area contributed by atoms with Crippen LogP contribution in [0.15, 0.2) is 17.9 Å². The summed E-state index contributed by atoms with van der Waals surface area (Å²) in [5, 5.41) is 29.6.